The monoisotopic (exact) mass is 278 g/mol. The standard InChI is InChI=1S/C15H22N2O3/c1-3-5-13-12(15(18)20-4-2)9-16-14(17-13)8-11-6-7-19-10-11/h9,11H,3-8,10H2,1-2H3. The number of aryl methyl sites for hydroxylation is 1. The van der Waals surface area contributed by atoms with Gasteiger partial charge in [0.1, 0.15) is 5.82 Å². The maximum absolute atomic E-state index is 11.9. The van der Waals surface area contributed by atoms with Crippen LogP contribution >= 0.6 is 0 Å². The van der Waals surface area contributed by atoms with Gasteiger partial charge in [-0.2, -0.15) is 0 Å². The summed E-state index contributed by atoms with van der Waals surface area (Å²) in [6.07, 6.45) is 5.20. The first-order chi connectivity index (χ1) is 9.74. The molecule has 2 heterocycles. The van der Waals surface area contributed by atoms with Gasteiger partial charge >= 0.3 is 5.97 Å². The molecule has 1 aliphatic rings. The minimum Gasteiger partial charge on any atom is -0.462 e. The molecule has 1 aromatic rings. The number of esters is 1. The van der Waals surface area contributed by atoms with Crippen molar-refractivity contribution in [3.8, 4) is 0 Å². The Kier molecular flexibility index (Phi) is 5.47. The van der Waals surface area contributed by atoms with E-state index in [9.17, 15) is 4.79 Å². The third-order valence-corrected chi connectivity index (χ3v) is 3.39. The molecule has 2 rings (SSSR count). The molecule has 0 N–H and O–H groups in total. The summed E-state index contributed by atoms with van der Waals surface area (Å²) in [5.74, 6) is 0.974. The van der Waals surface area contributed by atoms with Gasteiger partial charge in [-0.3, -0.25) is 0 Å². The SMILES string of the molecule is CCCc1nc(CC2CCOC2)ncc1C(=O)OCC. The fourth-order valence-electron chi connectivity index (χ4n) is 2.37. The Morgan fingerprint density at radius 3 is 3.00 bits per heavy atom. The van der Waals surface area contributed by atoms with Crippen LogP contribution in [0.4, 0.5) is 0 Å². The lowest BCUT2D eigenvalue weighted by Crippen LogP contribution is -2.14. The van der Waals surface area contributed by atoms with Gasteiger partial charge < -0.3 is 9.47 Å². The second-order valence-electron chi connectivity index (χ2n) is 5.05. The molecule has 5 nitrogen and oxygen atoms in total. The summed E-state index contributed by atoms with van der Waals surface area (Å²) in [5, 5.41) is 0. The number of ether oxygens (including phenoxy) is 2. The van der Waals surface area contributed by atoms with Crippen molar-refractivity contribution in [1.82, 2.24) is 9.97 Å². The minimum atomic E-state index is -0.327. The molecule has 0 aromatic carbocycles. The summed E-state index contributed by atoms with van der Waals surface area (Å²) < 4.78 is 10.4. The highest BCUT2D eigenvalue weighted by Crippen LogP contribution is 2.18. The molecule has 1 unspecified atom stereocenters. The van der Waals surface area contributed by atoms with Crippen molar-refractivity contribution >= 4 is 5.97 Å². The predicted octanol–water partition coefficient (Wildman–Crippen LogP) is 2.18. The molecule has 1 aliphatic heterocycles. The number of hydrogen-bond donors (Lipinski definition) is 0. The first-order valence-electron chi connectivity index (χ1n) is 7.34. The van der Waals surface area contributed by atoms with Gasteiger partial charge in [-0.05, 0) is 25.7 Å². The zero-order valence-electron chi connectivity index (χ0n) is 12.2. The number of nitrogens with zero attached hydrogens (tertiary/aromatic N) is 2. The second kappa shape index (κ2) is 7.33. The Labute approximate surface area is 119 Å². The van der Waals surface area contributed by atoms with E-state index in [4.69, 9.17) is 9.47 Å². The molecule has 1 saturated heterocycles. The number of hydrogen-bond acceptors (Lipinski definition) is 5. The van der Waals surface area contributed by atoms with E-state index >= 15 is 0 Å². The van der Waals surface area contributed by atoms with Crippen molar-refractivity contribution in [2.45, 2.75) is 39.5 Å². The third kappa shape index (κ3) is 3.76. The maximum Gasteiger partial charge on any atom is 0.341 e. The van der Waals surface area contributed by atoms with Crippen molar-refractivity contribution in [2.75, 3.05) is 19.8 Å². The fourth-order valence-corrected chi connectivity index (χ4v) is 2.37. The highest BCUT2D eigenvalue weighted by molar-refractivity contribution is 5.90. The van der Waals surface area contributed by atoms with E-state index < -0.39 is 0 Å². The highest BCUT2D eigenvalue weighted by Gasteiger charge is 2.20. The van der Waals surface area contributed by atoms with Gasteiger partial charge in [0.05, 0.1) is 17.9 Å². The predicted molar refractivity (Wildman–Crippen MR) is 74.6 cm³/mol. The molecule has 0 aliphatic carbocycles. The first-order valence-corrected chi connectivity index (χ1v) is 7.34. The van der Waals surface area contributed by atoms with Crippen LogP contribution in [-0.2, 0) is 22.3 Å². The molecule has 110 valence electrons. The molecule has 0 radical (unpaired) electrons. The molecular formula is C15H22N2O3. The largest absolute Gasteiger partial charge is 0.462 e. The van der Waals surface area contributed by atoms with Gasteiger partial charge in [0, 0.05) is 25.8 Å². The van der Waals surface area contributed by atoms with E-state index in [1.165, 1.54) is 0 Å². The molecule has 20 heavy (non-hydrogen) atoms. The Morgan fingerprint density at radius 2 is 2.35 bits per heavy atom. The van der Waals surface area contributed by atoms with E-state index in [0.717, 1.165) is 50.4 Å². The van der Waals surface area contributed by atoms with Gasteiger partial charge in [-0.15, -0.1) is 0 Å². The van der Waals surface area contributed by atoms with Crippen LogP contribution < -0.4 is 0 Å². The first kappa shape index (κ1) is 14.9. The van der Waals surface area contributed by atoms with E-state index in [-0.39, 0.29) is 5.97 Å². The normalized spacial score (nSPS) is 18.2. The van der Waals surface area contributed by atoms with Crippen LogP contribution in [-0.4, -0.2) is 35.8 Å². The average Bonchev–Trinajstić information content (AvgIpc) is 2.92. The van der Waals surface area contributed by atoms with Crippen LogP contribution in [0.25, 0.3) is 0 Å². The third-order valence-electron chi connectivity index (χ3n) is 3.39. The fraction of sp³-hybridized carbons (Fsp3) is 0.667. The summed E-state index contributed by atoms with van der Waals surface area (Å²) >= 11 is 0. The Bertz CT molecular complexity index is 456. The number of carbonyl (C=O) groups excluding carboxylic acids is 1. The van der Waals surface area contributed by atoms with Crippen LogP contribution in [0, 0.1) is 5.92 Å². The van der Waals surface area contributed by atoms with Crippen LogP contribution in [0.1, 0.15) is 48.6 Å². The van der Waals surface area contributed by atoms with Crippen LogP contribution in [0.3, 0.4) is 0 Å². The van der Waals surface area contributed by atoms with E-state index in [1.54, 1.807) is 13.1 Å². The number of aromatic nitrogens is 2. The van der Waals surface area contributed by atoms with Gasteiger partial charge in [-0.25, -0.2) is 14.8 Å². The molecule has 1 fully saturated rings. The van der Waals surface area contributed by atoms with Crippen molar-refractivity contribution in [2.24, 2.45) is 5.92 Å². The van der Waals surface area contributed by atoms with Crippen molar-refractivity contribution in [3.63, 3.8) is 0 Å². The highest BCUT2D eigenvalue weighted by atomic mass is 16.5. The van der Waals surface area contributed by atoms with E-state index in [0.29, 0.717) is 18.1 Å². The second-order valence-corrected chi connectivity index (χ2v) is 5.05. The Morgan fingerprint density at radius 1 is 1.50 bits per heavy atom. The molecule has 0 bridgehead atoms. The van der Waals surface area contributed by atoms with E-state index in [2.05, 4.69) is 16.9 Å². The lowest BCUT2D eigenvalue weighted by molar-refractivity contribution is 0.0524. The van der Waals surface area contributed by atoms with Crippen molar-refractivity contribution in [1.29, 1.82) is 0 Å². The molecule has 0 amide bonds. The lowest BCUT2D eigenvalue weighted by Gasteiger charge is -2.10. The molecule has 5 heteroatoms. The van der Waals surface area contributed by atoms with Gasteiger partial charge in [0.2, 0.25) is 0 Å². The van der Waals surface area contributed by atoms with Gasteiger partial charge in [0.25, 0.3) is 0 Å². The quantitative estimate of drug-likeness (QED) is 0.746. The Hall–Kier alpha value is -1.49. The Balaban J connectivity index is 2.15. The zero-order valence-corrected chi connectivity index (χ0v) is 12.2. The van der Waals surface area contributed by atoms with Crippen LogP contribution in [0.2, 0.25) is 0 Å². The summed E-state index contributed by atoms with van der Waals surface area (Å²) in [4.78, 5) is 20.8. The number of rotatable bonds is 6. The van der Waals surface area contributed by atoms with Gasteiger partial charge in [0.15, 0.2) is 0 Å². The molecule has 0 spiro atoms. The topological polar surface area (TPSA) is 61.3 Å². The van der Waals surface area contributed by atoms with Gasteiger partial charge in [-0.1, -0.05) is 13.3 Å². The van der Waals surface area contributed by atoms with Crippen LogP contribution in [0.15, 0.2) is 6.20 Å². The zero-order chi connectivity index (χ0) is 14.4. The lowest BCUT2D eigenvalue weighted by atomic mass is 10.0. The van der Waals surface area contributed by atoms with Crippen molar-refractivity contribution < 1.29 is 14.3 Å². The molecular weight excluding hydrogens is 256 g/mol. The summed E-state index contributed by atoms with van der Waals surface area (Å²) in [6.45, 7) is 5.85. The van der Waals surface area contributed by atoms with Crippen LogP contribution in [0.5, 0.6) is 0 Å². The van der Waals surface area contributed by atoms with E-state index in [1.807, 2.05) is 0 Å². The summed E-state index contributed by atoms with van der Waals surface area (Å²) in [5.41, 5.74) is 1.30. The molecule has 1 aromatic heterocycles. The summed E-state index contributed by atoms with van der Waals surface area (Å²) in [6, 6.07) is 0. The number of carbonyl (C=O) groups is 1. The maximum atomic E-state index is 11.9. The summed E-state index contributed by atoms with van der Waals surface area (Å²) in [7, 11) is 0. The minimum absolute atomic E-state index is 0.327. The smallest absolute Gasteiger partial charge is 0.341 e. The average molecular weight is 278 g/mol. The molecule has 1 atom stereocenters. The molecule has 0 saturated carbocycles. The van der Waals surface area contributed by atoms with Crippen molar-refractivity contribution in [3.05, 3.63) is 23.3 Å².